The van der Waals surface area contributed by atoms with Gasteiger partial charge in [-0.15, -0.1) is 0 Å². The van der Waals surface area contributed by atoms with Crippen molar-refractivity contribution >= 4 is 29.2 Å². The summed E-state index contributed by atoms with van der Waals surface area (Å²) in [6, 6.07) is 13.5. The predicted molar refractivity (Wildman–Crippen MR) is 97.2 cm³/mol. The van der Waals surface area contributed by atoms with Crippen LogP contribution in [-0.4, -0.2) is 24.6 Å². The third-order valence-corrected chi connectivity index (χ3v) is 3.61. The van der Waals surface area contributed by atoms with Crippen LogP contribution in [0.1, 0.15) is 30.6 Å². The fraction of sp³-hybridized carbons (Fsp3) is 0.263. The molecule has 25 heavy (non-hydrogen) atoms. The number of hydrogen-bond acceptors (Lipinski definition) is 4. The molecular formula is C19H20ClNO4. The Kier molecular flexibility index (Phi) is 6.83. The number of rotatable bonds is 7. The minimum Gasteiger partial charge on any atom is -0.481 e. The Morgan fingerprint density at radius 2 is 1.88 bits per heavy atom. The molecular weight excluding hydrogens is 342 g/mol. The average molecular weight is 362 g/mol. The summed E-state index contributed by atoms with van der Waals surface area (Å²) in [5.74, 6) is -0.209. The van der Waals surface area contributed by atoms with Crippen LogP contribution in [0.15, 0.2) is 48.5 Å². The summed E-state index contributed by atoms with van der Waals surface area (Å²) in [6.07, 6.45) is -0.194. The molecule has 0 radical (unpaired) electrons. The number of benzene rings is 2. The fourth-order valence-corrected chi connectivity index (χ4v) is 2.37. The second-order valence-corrected chi connectivity index (χ2v) is 5.70. The number of amides is 1. The molecule has 6 heteroatoms. The maximum Gasteiger partial charge on any atom is 0.338 e. The Morgan fingerprint density at radius 3 is 2.56 bits per heavy atom. The molecule has 2 rings (SSSR count). The SMILES string of the molecule is CCOC(=O)c1cccc(NC(=O)[C@H](CC)Oc2cccc(Cl)c2)c1. The summed E-state index contributed by atoms with van der Waals surface area (Å²) < 4.78 is 10.7. The predicted octanol–water partition coefficient (Wildman–Crippen LogP) is 4.31. The van der Waals surface area contributed by atoms with E-state index in [1.54, 1.807) is 55.5 Å². The normalized spacial score (nSPS) is 11.5. The second kappa shape index (κ2) is 9.08. The zero-order chi connectivity index (χ0) is 18.2. The fourth-order valence-electron chi connectivity index (χ4n) is 2.19. The summed E-state index contributed by atoms with van der Waals surface area (Å²) in [5, 5.41) is 3.30. The number of nitrogens with one attached hydrogen (secondary N) is 1. The monoisotopic (exact) mass is 361 g/mol. The molecule has 5 nitrogen and oxygen atoms in total. The standard InChI is InChI=1S/C19H20ClNO4/c1-3-17(25-16-10-6-8-14(20)12-16)18(22)21-15-9-5-7-13(11-15)19(23)24-4-2/h5-12,17H,3-4H2,1-2H3,(H,21,22)/t17-/m0/s1. The number of hydrogen-bond donors (Lipinski definition) is 1. The van der Waals surface area contributed by atoms with Crippen molar-refractivity contribution < 1.29 is 19.1 Å². The van der Waals surface area contributed by atoms with E-state index in [-0.39, 0.29) is 5.91 Å². The smallest absolute Gasteiger partial charge is 0.338 e. The first-order valence-electron chi connectivity index (χ1n) is 8.03. The highest BCUT2D eigenvalue weighted by Gasteiger charge is 2.19. The highest BCUT2D eigenvalue weighted by molar-refractivity contribution is 6.30. The van der Waals surface area contributed by atoms with E-state index in [0.29, 0.717) is 35.1 Å². The van der Waals surface area contributed by atoms with Crippen molar-refractivity contribution in [1.82, 2.24) is 0 Å². The Balaban J connectivity index is 2.06. The maximum atomic E-state index is 12.5. The van der Waals surface area contributed by atoms with Crippen LogP contribution in [0.2, 0.25) is 5.02 Å². The van der Waals surface area contributed by atoms with Crippen LogP contribution in [0.3, 0.4) is 0 Å². The molecule has 0 unspecified atom stereocenters. The molecule has 1 atom stereocenters. The molecule has 1 amide bonds. The first-order chi connectivity index (χ1) is 12.0. The highest BCUT2D eigenvalue weighted by atomic mass is 35.5. The highest BCUT2D eigenvalue weighted by Crippen LogP contribution is 2.20. The number of ether oxygens (including phenoxy) is 2. The first kappa shape index (κ1) is 18.8. The van der Waals surface area contributed by atoms with E-state index in [4.69, 9.17) is 21.1 Å². The molecule has 2 aromatic carbocycles. The lowest BCUT2D eigenvalue weighted by molar-refractivity contribution is -0.122. The average Bonchev–Trinajstić information content (AvgIpc) is 2.60. The van der Waals surface area contributed by atoms with Crippen LogP contribution < -0.4 is 10.1 Å². The van der Waals surface area contributed by atoms with Crippen LogP contribution in [0.4, 0.5) is 5.69 Å². The van der Waals surface area contributed by atoms with E-state index in [9.17, 15) is 9.59 Å². The van der Waals surface area contributed by atoms with E-state index < -0.39 is 12.1 Å². The Hall–Kier alpha value is -2.53. The van der Waals surface area contributed by atoms with Gasteiger partial charge in [0, 0.05) is 10.7 Å². The van der Waals surface area contributed by atoms with Gasteiger partial charge in [-0.05, 0) is 49.7 Å². The molecule has 0 aromatic heterocycles. The van der Waals surface area contributed by atoms with Crippen molar-refractivity contribution in [2.45, 2.75) is 26.4 Å². The molecule has 2 aromatic rings. The van der Waals surface area contributed by atoms with Gasteiger partial charge in [0.1, 0.15) is 5.75 Å². The second-order valence-electron chi connectivity index (χ2n) is 5.26. The molecule has 0 saturated heterocycles. The van der Waals surface area contributed by atoms with Gasteiger partial charge in [0.05, 0.1) is 12.2 Å². The van der Waals surface area contributed by atoms with Gasteiger partial charge in [0.15, 0.2) is 6.10 Å². The molecule has 0 saturated carbocycles. The topological polar surface area (TPSA) is 64.6 Å². The van der Waals surface area contributed by atoms with Gasteiger partial charge in [-0.1, -0.05) is 30.7 Å². The minimum atomic E-state index is -0.676. The van der Waals surface area contributed by atoms with Crippen LogP contribution >= 0.6 is 11.6 Å². The van der Waals surface area contributed by atoms with Crippen molar-refractivity contribution in [3.05, 3.63) is 59.1 Å². The lowest BCUT2D eigenvalue weighted by atomic mass is 10.2. The van der Waals surface area contributed by atoms with Gasteiger partial charge >= 0.3 is 5.97 Å². The van der Waals surface area contributed by atoms with Gasteiger partial charge in [0.25, 0.3) is 5.91 Å². The van der Waals surface area contributed by atoms with Gasteiger partial charge in [0.2, 0.25) is 0 Å². The van der Waals surface area contributed by atoms with E-state index in [1.807, 2.05) is 6.92 Å². The van der Waals surface area contributed by atoms with Gasteiger partial charge in [-0.3, -0.25) is 4.79 Å². The number of halogens is 1. The Bertz CT molecular complexity index is 748. The maximum absolute atomic E-state index is 12.5. The molecule has 0 bridgehead atoms. The summed E-state index contributed by atoms with van der Waals surface area (Å²) in [4.78, 5) is 24.2. The largest absolute Gasteiger partial charge is 0.481 e. The number of carbonyl (C=O) groups is 2. The Morgan fingerprint density at radius 1 is 1.12 bits per heavy atom. The van der Waals surface area contributed by atoms with E-state index in [0.717, 1.165) is 0 Å². The van der Waals surface area contributed by atoms with Crippen molar-refractivity contribution in [2.75, 3.05) is 11.9 Å². The molecule has 0 aliphatic heterocycles. The van der Waals surface area contributed by atoms with Crippen molar-refractivity contribution in [3.63, 3.8) is 0 Å². The van der Waals surface area contributed by atoms with Crippen LogP contribution in [0, 0.1) is 0 Å². The minimum absolute atomic E-state index is 0.292. The number of carbonyl (C=O) groups excluding carboxylic acids is 2. The van der Waals surface area contributed by atoms with Crippen molar-refractivity contribution in [2.24, 2.45) is 0 Å². The molecule has 0 spiro atoms. The van der Waals surface area contributed by atoms with E-state index in [2.05, 4.69) is 5.32 Å². The lowest BCUT2D eigenvalue weighted by Gasteiger charge is -2.17. The summed E-state index contributed by atoms with van der Waals surface area (Å²) in [6.45, 7) is 3.88. The first-order valence-corrected chi connectivity index (χ1v) is 8.41. The molecule has 0 heterocycles. The van der Waals surface area contributed by atoms with Gasteiger partial charge in [-0.2, -0.15) is 0 Å². The van der Waals surface area contributed by atoms with E-state index in [1.165, 1.54) is 0 Å². The zero-order valence-corrected chi connectivity index (χ0v) is 14.9. The molecule has 0 aliphatic carbocycles. The number of anilines is 1. The summed E-state index contributed by atoms with van der Waals surface area (Å²) in [5.41, 5.74) is 0.882. The zero-order valence-electron chi connectivity index (χ0n) is 14.1. The van der Waals surface area contributed by atoms with Crippen LogP contribution in [0.5, 0.6) is 5.75 Å². The third-order valence-electron chi connectivity index (χ3n) is 3.38. The molecule has 0 aliphatic rings. The lowest BCUT2D eigenvalue weighted by Crippen LogP contribution is -2.32. The summed E-state index contributed by atoms with van der Waals surface area (Å²) >= 11 is 5.93. The summed E-state index contributed by atoms with van der Waals surface area (Å²) in [7, 11) is 0. The van der Waals surface area contributed by atoms with Gasteiger partial charge < -0.3 is 14.8 Å². The van der Waals surface area contributed by atoms with E-state index >= 15 is 0 Å². The van der Waals surface area contributed by atoms with Crippen molar-refractivity contribution in [3.8, 4) is 5.75 Å². The quantitative estimate of drug-likeness (QED) is 0.746. The van der Waals surface area contributed by atoms with Crippen LogP contribution in [0.25, 0.3) is 0 Å². The third kappa shape index (κ3) is 5.50. The molecule has 132 valence electrons. The Labute approximate surface area is 151 Å². The molecule has 0 fully saturated rings. The number of esters is 1. The van der Waals surface area contributed by atoms with Crippen LogP contribution in [-0.2, 0) is 9.53 Å². The van der Waals surface area contributed by atoms with Gasteiger partial charge in [-0.25, -0.2) is 4.79 Å². The molecule has 1 N–H and O–H groups in total. The van der Waals surface area contributed by atoms with Crippen molar-refractivity contribution in [1.29, 1.82) is 0 Å².